The molecule has 1 aliphatic heterocycles. The van der Waals surface area contributed by atoms with Gasteiger partial charge in [-0.3, -0.25) is 10.2 Å². The zero-order chi connectivity index (χ0) is 12.4. The van der Waals surface area contributed by atoms with Crippen molar-refractivity contribution >= 4 is 23.2 Å². The van der Waals surface area contributed by atoms with E-state index in [0.29, 0.717) is 11.1 Å². The van der Waals surface area contributed by atoms with Crippen molar-refractivity contribution in [2.75, 3.05) is 5.32 Å². The number of hydrogen-bond donors (Lipinski definition) is 3. The van der Waals surface area contributed by atoms with Crippen LogP contribution in [-0.2, 0) is 4.79 Å². The highest BCUT2D eigenvalue weighted by Crippen LogP contribution is 2.20. The molecule has 17 heavy (non-hydrogen) atoms. The first-order valence-corrected chi connectivity index (χ1v) is 6.02. The topological polar surface area (TPSA) is 53.2 Å². The lowest BCUT2D eigenvalue weighted by molar-refractivity contribution is -0.117. The Balaban J connectivity index is 2.00. The average Bonchev–Trinajstić information content (AvgIpc) is 2.70. The van der Waals surface area contributed by atoms with E-state index in [1.165, 1.54) is 0 Å². The SMILES string of the molecule is Cc1ccc(NC(=O)C2CC(C)NN2)cc1Cl. The second kappa shape index (κ2) is 5.04. The van der Waals surface area contributed by atoms with Gasteiger partial charge in [-0.25, -0.2) is 5.43 Å². The lowest BCUT2D eigenvalue weighted by atomic mass is 10.1. The molecule has 2 rings (SSSR count). The summed E-state index contributed by atoms with van der Waals surface area (Å²) in [7, 11) is 0. The highest BCUT2D eigenvalue weighted by molar-refractivity contribution is 6.31. The maximum atomic E-state index is 11.9. The summed E-state index contributed by atoms with van der Waals surface area (Å²) in [6.45, 7) is 3.96. The Labute approximate surface area is 106 Å². The van der Waals surface area contributed by atoms with Crippen molar-refractivity contribution in [3.8, 4) is 0 Å². The van der Waals surface area contributed by atoms with Gasteiger partial charge in [-0.1, -0.05) is 17.7 Å². The van der Waals surface area contributed by atoms with E-state index in [4.69, 9.17) is 11.6 Å². The van der Waals surface area contributed by atoms with Gasteiger partial charge in [0.2, 0.25) is 5.91 Å². The van der Waals surface area contributed by atoms with Crippen LogP contribution in [-0.4, -0.2) is 18.0 Å². The molecule has 2 unspecified atom stereocenters. The minimum atomic E-state index is -0.190. The lowest BCUT2D eigenvalue weighted by Crippen LogP contribution is -2.39. The lowest BCUT2D eigenvalue weighted by Gasteiger charge is -2.11. The van der Waals surface area contributed by atoms with E-state index < -0.39 is 0 Å². The summed E-state index contributed by atoms with van der Waals surface area (Å²) in [4.78, 5) is 11.9. The Morgan fingerprint density at radius 1 is 1.47 bits per heavy atom. The highest BCUT2D eigenvalue weighted by Gasteiger charge is 2.26. The van der Waals surface area contributed by atoms with Gasteiger partial charge < -0.3 is 5.32 Å². The fourth-order valence-corrected chi connectivity index (χ4v) is 1.97. The van der Waals surface area contributed by atoms with E-state index in [-0.39, 0.29) is 11.9 Å². The monoisotopic (exact) mass is 253 g/mol. The summed E-state index contributed by atoms with van der Waals surface area (Å²) in [6.07, 6.45) is 0.783. The molecule has 1 heterocycles. The van der Waals surface area contributed by atoms with Gasteiger partial charge in [-0.2, -0.15) is 0 Å². The summed E-state index contributed by atoms with van der Waals surface area (Å²) in [5.74, 6) is -0.0400. The fraction of sp³-hybridized carbons (Fsp3) is 0.417. The zero-order valence-corrected chi connectivity index (χ0v) is 10.6. The second-order valence-corrected chi connectivity index (χ2v) is 4.84. The first-order chi connectivity index (χ1) is 8.06. The summed E-state index contributed by atoms with van der Waals surface area (Å²) in [6, 6.07) is 5.63. The highest BCUT2D eigenvalue weighted by atomic mass is 35.5. The molecule has 2 atom stereocenters. The zero-order valence-electron chi connectivity index (χ0n) is 9.88. The molecular formula is C12H16ClN3O. The number of hydrogen-bond acceptors (Lipinski definition) is 3. The van der Waals surface area contributed by atoms with Crippen LogP contribution in [0.4, 0.5) is 5.69 Å². The van der Waals surface area contributed by atoms with Crippen LogP contribution in [0.3, 0.4) is 0 Å². The number of nitrogens with one attached hydrogen (secondary N) is 3. The summed E-state index contributed by atoms with van der Waals surface area (Å²) in [5, 5.41) is 3.51. The van der Waals surface area contributed by atoms with Crippen molar-refractivity contribution in [2.45, 2.75) is 32.4 Å². The third kappa shape index (κ3) is 2.97. The molecule has 1 amide bonds. The quantitative estimate of drug-likeness (QED) is 0.754. The fourth-order valence-electron chi connectivity index (χ4n) is 1.79. The number of anilines is 1. The molecule has 1 aliphatic rings. The third-order valence-corrected chi connectivity index (χ3v) is 3.26. The molecule has 1 fully saturated rings. The number of hydrazine groups is 1. The molecule has 0 spiro atoms. The molecule has 0 radical (unpaired) electrons. The first-order valence-electron chi connectivity index (χ1n) is 5.64. The van der Waals surface area contributed by atoms with E-state index >= 15 is 0 Å². The van der Waals surface area contributed by atoms with Gasteiger partial charge in [0.1, 0.15) is 6.04 Å². The molecule has 5 heteroatoms. The molecule has 0 aromatic heterocycles. The van der Waals surface area contributed by atoms with Gasteiger partial charge in [0.15, 0.2) is 0 Å². The molecule has 0 aliphatic carbocycles. The number of amides is 1. The van der Waals surface area contributed by atoms with Crippen molar-refractivity contribution in [2.24, 2.45) is 0 Å². The minimum absolute atomic E-state index is 0.0400. The summed E-state index contributed by atoms with van der Waals surface area (Å²) in [5.41, 5.74) is 7.70. The van der Waals surface area contributed by atoms with Crippen LogP contribution in [0.2, 0.25) is 5.02 Å². The number of halogens is 1. The van der Waals surface area contributed by atoms with Crippen LogP contribution in [0.15, 0.2) is 18.2 Å². The molecule has 0 saturated carbocycles. The maximum Gasteiger partial charge on any atom is 0.242 e. The van der Waals surface area contributed by atoms with Crippen LogP contribution >= 0.6 is 11.6 Å². The molecule has 92 valence electrons. The number of rotatable bonds is 2. The van der Waals surface area contributed by atoms with Gasteiger partial charge >= 0.3 is 0 Å². The Kier molecular flexibility index (Phi) is 3.66. The van der Waals surface area contributed by atoms with Gasteiger partial charge in [0.05, 0.1) is 0 Å². The molecular weight excluding hydrogens is 238 g/mol. The van der Waals surface area contributed by atoms with Crippen LogP contribution in [0.5, 0.6) is 0 Å². The van der Waals surface area contributed by atoms with Crippen molar-refractivity contribution in [1.29, 1.82) is 0 Å². The van der Waals surface area contributed by atoms with Crippen molar-refractivity contribution in [1.82, 2.24) is 10.9 Å². The van der Waals surface area contributed by atoms with Gasteiger partial charge in [0, 0.05) is 16.8 Å². The van der Waals surface area contributed by atoms with Crippen LogP contribution < -0.4 is 16.2 Å². The Hall–Kier alpha value is -1.10. The van der Waals surface area contributed by atoms with Gasteiger partial charge in [-0.15, -0.1) is 0 Å². The van der Waals surface area contributed by atoms with Crippen LogP contribution in [0, 0.1) is 6.92 Å². The van der Waals surface area contributed by atoms with E-state index in [1.807, 2.05) is 26.0 Å². The van der Waals surface area contributed by atoms with Gasteiger partial charge in [-0.05, 0) is 38.0 Å². The molecule has 1 aromatic carbocycles. The molecule has 1 aromatic rings. The average molecular weight is 254 g/mol. The minimum Gasteiger partial charge on any atom is -0.325 e. The smallest absolute Gasteiger partial charge is 0.242 e. The Morgan fingerprint density at radius 2 is 2.24 bits per heavy atom. The summed E-state index contributed by atoms with van der Waals surface area (Å²) >= 11 is 6.00. The van der Waals surface area contributed by atoms with Crippen LogP contribution in [0.25, 0.3) is 0 Å². The molecule has 3 N–H and O–H groups in total. The maximum absolute atomic E-state index is 11.9. The standard InChI is InChI=1S/C12H16ClN3O/c1-7-3-4-9(6-10(7)13)14-12(17)11-5-8(2)15-16-11/h3-4,6,8,11,15-16H,5H2,1-2H3,(H,14,17). The Morgan fingerprint density at radius 3 is 2.82 bits per heavy atom. The molecule has 1 saturated heterocycles. The normalized spacial score (nSPS) is 23.7. The third-order valence-electron chi connectivity index (χ3n) is 2.85. The number of carbonyl (C=O) groups is 1. The van der Waals surface area contributed by atoms with E-state index in [9.17, 15) is 4.79 Å². The Bertz CT molecular complexity index is 436. The van der Waals surface area contributed by atoms with E-state index in [2.05, 4.69) is 16.2 Å². The van der Waals surface area contributed by atoms with Crippen molar-refractivity contribution in [3.05, 3.63) is 28.8 Å². The number of aryl methyl sites for hydroxylation is 1. The van der Waals surface area contributed by atoms with Crippen molar-refractivity contribution < 1.29 is 4.79 Å². The van der Waals surface area contributed by atoms with E-state index in [1.54, 1.807) is 6.07 Å². The van der Waals surface area contributed by atoms with Crippen molar-refractivity contribution in [3.63, 3.8) is 0 Å². The first kappa shape index (κ1) is 12.4. The predicted molar refractivity (Wildman–Crippen MR) is 69.0 cm³/mol. The molecule has 0 bridgehead atoms. The number of carbonyl (C=O) groups excluding carboxylic acids is 1. The predicted octanol–water partition coefficient (Wildman–Crippen LogP) is 1.84. The van der Waals surface area contributed by atoms with Gasteiger partial charge in [0.25, 0.3) is 0 Å². The van der Waals surface area contributed by atoms with E-state index in [0.717, 1.165) is 17.7 Å². The largest absolute Gasteiger partial charge is 0.325 e. The van der Waals surface area contributed by atoms with Crippen LogP contribution in [0.1, 0.15) is 18.9 Å². The second-order valence-electron chi connectivity index (χ2n) is 4.43. The summed E-state index contributed by atoms with van der Waals surface area (Å²) < 4.78 is 0. The molecule has 4 nitrogen and oxygen atoms in total. The number of benzene rings is 1.